The molecule has 13 heteroatoms. The van der Waals surface area contributed by atoms with E-state index in [9.17, 15) is 41.0 Å². The molecule has 1 aromatic carbocycles. The Kier molecular flexibility index (Phi) is 8.34. The second-order valence-electron chi connectivity index (χ2n) is 10.4. The van der Waals surface area contributed by atoms with Gasteiger partial charge in [0.2, 0.25) is 0 Å². The van der Waals surface area contributed by atoms with Crippen LogP contribution in [0.4, 0.5) is 26.3 Å². The number of hydrogen-bond acceptors (Lipinski definition) is 5. The van der Waals surface area contributed by atoms with Gasteiger partial charge in [-0.2, -0.15) is 22.0 Å². The van der Waals surface area contributed by atoms with Gasteiger partial charge < -0.3 is 14.7 Å². The van der Waals surface area contributed by atoms with Crippen LogP contribution < -0.4 is 4.74 Å². The molecule has 0 radical (unpaired) electrons. The van der Waals surface area contributed by atoms with Gasteiger partial charge in [-0.05, 0) is 75.9 Å². The van der Waals surface area contributed by atoms with Crippen LogP contribution in [-0.2, 0) is 4.79 Å². The van der Waals surface area contributed by atoms with Gasteiger partial charge in [0.1, 0.15) is 17.1 Å². The number of nitrogens with zero attached hydrogens (tertiary/aromatic N) is 3. The smallest absolute Gasteiger partial charge is 0.454 e. The van der Waals surface area contributed by atoms with Crippen molar-refractivity contribution in [3.05, 3.63) is 47.9 Å². The summed E-state index contributed by atoms with van der Waals surface area (Å²) in [7, 11) is 0. The molecule has 3 heterocycles. The zero-order valence-electron chi connectivity index (χ0n) is 21.7. The number of halogens is 6. The molecule has 2 aliphatic heterocycles. The van der Waals surface area contributed by atoms with E-state index in [2.05, 4.69) is 4.98 Å². The van der Waals surface area contributed by atoms with Gasteiger partial charge >= 0.3 is 18.1 Å². The average molecular weight is 574 g/mol. The monoisotopic (exact) mass is 573 g/mol. The maximum Gasteiger partial charge on any atom is 0.454 e. The first-order chi connectivity index (χ1) is 18.7. The number of amides is 1. The van der Waals surface area contributed by atoms with Crippen molar-refractivity contribution >= 4 is 11.9 Å². The molecule has 1 amide bonds. The summed E-state index contributed by atoms with van der Waals surface area (Å²) in [5, 5.41) is 9.54. The SMILES string of the molecule is CC1(C(=O)O)CCCN1C(=O)c1ccc(-c2ccc(OCC3CCN(CC(F)(F)C(F)(F)F)CC3)cn2)cc1F. The highest BCUT2D eigenvalue weighted by molar-refractivity contribution is 5.98. The molecule has 1 unspecified atom stereocenters. The quantitative estimate of drug-likeness (QED) is 0.435. The number of piperidine rings is 1. The minimum atomic E-state index is -5.57. The lowest BCUT2D eigenvalue weighted by atomic mass is 9.97. The maximum absolute atomic E-state index is 14.9. The number of ether oxygens (including phenoxy) is 1. The number of aliphatic carboxylic acids is 1. The molecule has 0 spiro atoms. The van der Waals surface area contributed by atoms with Crippen molar-refractivity contribution in [3.8, 4) is 17.0 Å². The van der Waals surface area contributed by atoms with Gasteiger partial charge in [-0.3, -0.25) is 14.7 Å². The van der Waals surface area contributed by atoms with Gasteiger partial charge in [-0.1, -0.05) is 6.07 Å². The molecule has 2 aromatic rings. The summed E-state index contributed by atoms with van der Waals surface area (Å²) < 4.78 is 84.5. The normalized spacial score (nSPS) is 21.0. The zero-order valence-corrected chi connectivity index (χ0v) is 21.7. The number of hydrogen-bond donors (Lipinski definition) is 1. The molecule has 2 saturated heterocycles. The number of aromatic nitrogens is 1. The largest absolute Gasteiger partial charge is 0.492 e. The van der Waals surface area contributed by atoms with Gasteiger partial charge in [0, 0.05) is 12.1 Å². The number of pyridine rings is 1. The first-order valence-electron chi connectivity index (χ1n) is 12.8. The minimum absolute atomic E-state index is 0.0202. The molecule has 2 aliphatic rings. The minimum Gasteiger partial charge on any atom is -0.492 e. The van der Waals surface area contributed by atoms with Crippen LogP contribution in [0.5, 0.6) is 5.75 Å². The second kappa shape index (κ2) is 11.3. The van der Waals surface area contributed by atoms with E-state index in [-0.39, 0.29) is 44.1 Å². The van der Waals surface area contributed by atoms with E-state index in [1.807, 2.05) is 0 Å². The van der Waals surface area contributed by atoms with Crippen LogP contribution in [-0.4, -0.2) is 82.2 Å². The fraction of sp³-hybridized carbons (Fsp3) is 0.519. The predicted molar refractivity (Wildman–Crippen MR) is 132 cm³/mol. The van der Waals surface area contributed by atoms with Crippen LogP contribution in [0.25, 0.3) is 11.3 Å². The molecule has 1 aromatic heterocycles. The average Bonchev–Trinajstić information content (AvgIpc) is 3.30. The molecule has 40 heavy (non-hydrogen) atoms. The van der Waals surface area contributed by atoms with Crippen LogP contribution in [0.2, 0.25) is 0 Å². The molecule has 1 N–H and O–H groups in total. The number of carbonyl (C=O) groups excluding carboxylic acids is 1. The first-order valence-corrected chi connectivity index (χ1v) is 12.8. The Balaban J connectivity index is 1.31. The number of carboxylic acids is 1. The van der Waals surface area contributed by atoms with Crippen LogP contribution in [0.1, 0.15) is 43.0 Å². The molecule has 2 fully saturated rings. The lowest BCUT2D eigenvalue weighted by molar-refractivity contribution is -0.287. The second-order valence-corrected chi connectivity index (χ2v) is 10.4. The summed E-state index contributed by atoms with van der Waals surface area (Å²) in [4.78, 5) is 31.1. The number of carbonyl (C=O) groups is 2. The summed E-state index contributed by atoms with van der Waals surface area (Å²) in [5.74, 6) is -7.00. The number of alkyl halides is 5. The third kappa shape index (κ3) is 6.18. The maximum atomic E-state index is 14.9. The van der Waals surface area contributed by atoms with E-state index in [1.165, 1.54) is 30.2 Å². The van der Waals surface area contributed by atoms with Crippen molar-refractivity contribution in [1.29, 1.82) is 0 Å². The summed E-state index contributed by atoms with van der Waals surface area (Å²) in [6.07, 6.45) is -2.54. The van der Waals surface area contributed by atoms with E-state index in [1.54, 1.807) is 12.1 Å². The predicted octanol–water partition coefficient (Wildman–Crippen LogP) is 5.26. The van der Waals surface area contributed by atoms with Crippen LogP contribution >= 0.6 is 0 Å². The number of likely N-dealkylation sites (tertiary alicyclic amines) is 2. The summed E-state index contributed by atoms with van der Waals surface area (Å²) in [6, 6.07) is 7.18. The number of benzene rings is 1. The van der Waals surface area contributed by atoms with E-state index >= 15 is 0 Å². The van der Waals surface area contributed by atoms with Gasteiger partial charge in [0.05, 0.1) is 30.6 Å². The van der Waals surface area contributed by atoms with E-state index in [0.29, 0.717) is 36.3 Å². The van der Waals surface area contributed by atoms with Crippen molar-refractivity contribution in [2.24, 2.45) is 5.92 Å². The molecular formula is C27H29F6N3O4. The standard InChI is InChI=1S/C27H29F6N3O4/c1-25(24(38)39)9-2-10-36(25)23(37)20-5-3-18(13-21(20)28)22-6-4-19(14-34-22)40-15-17-7-11-35(12-8-17)16-26(29,30)27(31,32)33/h3-6,13-14,17H,2,7-12,15-16H2,1H3,(H,38,39). The van der Waals surface area contributed by atoms with Crippen LogP contribution in [0, 0.1) is 11.7 Å². The molecule has 4 rings (SSSR count). The Morgan fingerprint density at radius 2 is 1.80 bits per heavy atom. The van der Waals surface area contributed by atoms with Gasteiger partial charge in [-0.15, -0.1) is 0 Å². The Hall–Kier alpha value is -3.35. The van der Waals surface area contributed by atoms with Gasteiger partial charge in [0.15, 0.2) is 0 Å². The Morgan fingerprint density at radius 3 is 2.38 bits per heavy atom. The molecule has 7 nitrogen and oxygen atoms in total. The van der Waals surface area contributed by atoms with Crippen molar-refractivity contribution in [2.75, 3.05) is 32.8 Å². The molecule has 218 valence electrons. The first kappa shape index (κ1) is 29.6. The van der Waals surface area contributed by atoms with E-state index in [0.717, 1.165) is 11.0 Å². The van der Waals surface area contributed by atoms with E-state index in [4.69, 9.17) is 4.74 Å². The molecule has 0 bridgehead atoms. The van der Waals surface area contributed by atoms with Gasteiger partial charge in [-0.25, -0.2) is 9.18 Å². The molecule has 1 atom stereocenters. The van der Waals surface area contributed by atoms with Gasteiger partial charge in [0.25, 0.3) is 5.91 Å². The molecular weight excluding hydrogens is 544 g/mol. The lowest BCUT2D eigenvalue weighted by Gasteiger charge is -2.34. The summed E-state index contributed by atoms with van der Waals surface area (Å²) in [6.45, 7) is 0.761. The van der Waals surface area contributed by atoms with E-state index < -0.39 is 41.9 Å². The highest BCUT2D eigenvalue weighted by atomic mass is 19.4. The molecule has 0 aliphatic carbocycles. The van der Waals surface area contributed by atoms with Crippen LogP contribution in [0.3, 0.4) is 0 Å². The van der Waals surface area contributed by atoms with Crippen molar-refractivity contribution < 1.29 is 45.8 Å². The molecule has 0 saturated carbocycles. The van der Waals surface area contributed by atoms with Crippen LogP contribution in [0.15, 0.2) is 36.5 Å². The number of carboxylic acid groups (broad SMARTS) is 1. The highest BCUT2D eigenvalue weighted by Crippen LogP contribution is 2.37. The third-order valence-electron chi connectivity index (χ3n) is 7.61. The fourth-order valence-electron chi connectivity index (χ4n) is 5.04. The summed E-state index contributed by atoms with van der Waals surface area (Å²) >= 11 is 0. The highest BCUT2D eigenvalue weighted by Gasteiger charge is 2.58. The number of rotatable bonds is 8. The van der Waals surface area contributed by atoms with Crippen molar-refractivity contribution in [1.82, 2.24) is 14.8 Å². The van der Waals surface area contributed by atoms with Crippen molar-refractivity contribution in [2.45, 2.75) is 50.2 Å². The zero-order chi connectivity index (χ0) is 29.3. The topological polar surface area (TPSA) is 83.0 Å². The summed E-state index contributed by atoms with van der Waals surface area (Å²) in [5.41, 5.74) is -0.823. The fourth-order valence-corrected chi connectivity index (χ4v) is 5.04. The Morgan fingerprint density at radius 1 is 1.10 bits per heavy atom. The van der Waals surface area contributed by atoms with Crippen molar-refractivity contribution in [3.63, 3.8) is 0 Å². The Bertz CT molecular complexity index is 1230. The Labute approximate surface area is 226 Å². The third-order valence-corrected chi connectivity index (χ3v) is 7.61. The lowest BCUT2D eigenvalue weighted by Crippen LogP contribution is -2.50.